The summed E-state index contributed by atoms with van der Waals surface area (Å²) in [7, 11) is 1.59. The van der Waals surface area contributed by atoms with Gasteiger partial charge in [-0.2, -0.15) is 18.2 Å². The number of halogens is 3. The van der Waals surface area contributed by atoms with Crippen molar-refractivity contribution < 1.29 is 22.6 Å². The molecule has 0 bridgehead atoms. The van der Waals surface area contributed by atoms with Gasteiger partial charge in [-0.15, -0.1) is 22.7 Å². The topological polar surface area (TPSA) is 57.1 Å². The molecule has 31 heavy (non-hydrogen) atoms. The van der Waals surface area contributed by atoms with Crippen LogP contribution in [0.15, 0.2) is 47.8 Å². The minimum absolute atomic E-state index is 0.0803. The summed E-state index contributed by atoms with van der Waals surface area (Å²) in [6.07, 6.45) is -4.52. The molecule has 10 heteroatoms. The number of ether oxygens (including phenoxy) is 2. The molecule has 0 unspecified atom stereocenters. The molecule has 3 heterocycles. The van der Waals surface area contributed by atoms with Gasteiger partial charge in [0.25, 0.3) is 0 Å². The highest BCUT2D eigenvalue weighted by Gasteiger charge is 2.34. The maximum Gasteiger partial charge on any atom is 0.434 e. The molecule has 0 amide bonds. The summed E-state index contributed by atoms with van der Waals surface area (Å²) in [4.78, 5) is 14.4. The summed E-state index contributed by atoms with van der Waals surface area (Å²) in [6.45, 7) is 2.20. The Hall–Kier alpha value is -2.98. The Kier molecular flexibility index (Phi) is 5.92. The minimum Gasteiger partial charge on any atom is -0.497 e. The van der Waals surface area contributed by atoms with Gasteiger partial charge in [-0.05, 0) is 36.8 Å². The van der Waals surface area contributed by atoms with Gasteiger partial charge >= 0.3 is 6.18 Å². The van der Waals surface area contributed by atoms with E-state index in [-0.39, 0.29) is 23.3 Å². The number of methoxy groups -OCH3 is 1. The van der Waals surface area contributed by atoms with Crippen molar-refractivity contribution >= 4 is 22.7 Å². The Morgan fingerprint density at radius 3 is 2.39 bits per heavy atom. The first-order chi connectivity index (χ1) is 14.8. The molecule has 160 valence electrons. The van der Waals surface area contributed by atoms with E-state index in [1.807, 2.05) is 43.3 Å². The van der Waals surface area contributed by atoms with E-state index in [0.29, 0.717) is 5.69 Å². The highest BCUT2D eigenvalue weighted by atomic mass is 32.1. The molecular weight excluding hydrogens is 447 g/mol. The zero-order chi connectivity index (χ0) is 22.0. The Labute approximate surface area is 184 Å². The van der Waals surface area contributed by atoms with Gasteiger partial charge in [0.15, 0.2) is 16.5 Å². The normalized spacial score (nSPS) is 11.5. The fourth-order valence-electron chi connectivity index (χ4n) is 2.68. The zero-order valence-electron chi connectivity index (χ0n) is 16.4. The number of benzene rings is 1. The number of nitrogens with zero attached hydrogens (tertiary/aromatic N) is 3. The third-order valence-corrected chi connectivity index (χ3v) is 6.09. The number of thiophene rings is 1. The van der Waals surface area contributed by atoms with Gasteiger partial charge in [0, 0.05) is 16.3 Å². The maximum absolute atomic E-state index is 13.0. The molecule has 4 aromatic rings. The second-order valence-electron chi connectivity index (χ2n) is 6.50. The van der Waals surface area contributed by atoms with Gasteiger partial charge in [-0.1, -0.05) is 12.1 Å². The van der Waals surface area contributed by atoms with Crippen molar-refractivity contribution in [2.45, 2.75) is 19.7 Å². The van der Waals surface area contributed by atoms with Crippen LogP contribution in [0.25, 0.3) is 21.4 Å². The lowest BCUT2D eigenvalue weighted by atomic mass is 10.2. The van der Waals surface area contributed by atoms with E-state index in [0.717, 1.165) is 37.8 Å². The Morgan fingerprint density at radius 1 is 1.00 bits per heavy atom. The van der Waals surface area contributed by atoms with Gasteiger partial charge in [0.2, 0.25) is 5.88 Å². The number of hydrogen-bond acceptors (Lipinski definition) is 7. The van der Waals surface area contributed by atoms with Gasteiger partial charge in [0.1, 0.15) is 12.4 Å². The summed E-state index contributed by atoms with van der Waals surface area (Å²) in [6, 6.07) is 12.9. The summed E-state index contributed by atoms with van der Waals surface area (Å²) in [5.41, 5.74) is 0.494. The van der Waals surface area contributed by atoms with Crippen molar-refractivity contribution in [2.24, 2.45) is 0 Å². The lowest BCUT2D eigenvalue weighted by Gasteiger charge is -2.09. The number of aryl methyl sites for hydroxylation is 1. The van der Waals surface area contributed by atoms with Crippen molar-refractivity contribution in [3.8, 4) is 33.0 Å². The van der Waals surface area contributed by atoms with E-state index in [4.69, 9.17) is 9.47 Å². The zero-order valence-corrected chi connectivity index (χ0v) is 18.1. The summed E-state index contributed by atoms with van der Waals surface area (Å²) < 4.78 is 49.9. The molecule has 0 saturated heterocycles. The van der Waals surface area contributed by atoms with E-state index in [2.05, 4.69) is 15.0 Å². The molecule has 0 aliphatic rings. The Morgan fingerprint density at radius 2 is 1.77 bits per heavy atom. The lowest BCUT2D eigenvalue weighted by Crippen LogP contribution is -2.05. The highest BCUT2D eigenvalue weighted by molar-refractivity contribution is 7.15. The smallest absolute Gasteiger partial charge is 0.434 e. The van der Waals surface area contributed by atoms with Crippen LogP contribution in [-0.4, -0.2) is 22.1 Å². The quantitative estimate of drug-likeness (QED) is 0.339. The lowest BCUT2D eigenvalue weighted by molar-refractivity contribution is -0.140. The molecule has 0 atom stereocenters. The minimum atomic E-state index is -4.52. The standard InChI is InChI=1S/C21H16F3N3O2S2/c1-12-3-8-16(31-12)15-9-18(29-10-13-4-6-14(28-2)7-5-13)27-19(25-15)20-26-17(11-30-20)21(22,23)24/h3-9,11H,10H2,1-2H3. The number of aromatic nitrogens is 3. The molecule has 0 radical (unpaired) electrons. The Bertz CT molecular complexity index is 1190. The van der Waals surface area contributed by atoms with Crippen molar-refractivity contribution in [2.75, 3.05) is 7.11 Å². The van der Waals surface area contributed by atoms with Gasteiger partial charge in [-0.25, -0.2) is 9.97 Å². The van der Waals surface area contributed by atoms with Crippen molar-refractivity contribution in [1.82, 2.24) is 15.0 Å². The fraction of sp³-hybridized carbons (Fsp3) is 0.190. The van der Waals surface area contributed by atoms with Crippen LogP contribution in [0.1, 0.15) is 16.1 Å². The monoisotopic (exact) mass is 463 g/mol. The van der Waals surface area contributed by atoms with E-state index in [1.54, 1.807) is 13.2 Å². The number of thiazole rings is 1. The molecule has 5 nitrogen and oxygen atoms in total. The third-order valence-electron chi connectivity index (χ3n) is 4.23. The van der Waals surface area contributed by atoms with E-state index < -0.39 is 11.9 Å². The average Bonchev–Trinajstić information content (AvgIpc) is 3.42. The molecular formula is C21H16F3N3O2S2. The maximum atomic E-state index is 13.0. The number of alkyl halides is 3. The fourth-order valence-corrected chi connectivity index (χ4v) is 4.26. The van der Waals surface area contributed by atoms with Crippen LogP contribution in [0.4, 0.5) is 13.2 Å². The summed E-state index contributed by atoms with van der Waals surface area (Å²) >= 11 is 2.37. The summed E-state index contributed by atoms with van der Waals surface area (Å²) in [5, 5.41) is 1.04. The molecule has 0 fully saturated rings. The SMILES string of the molecule is COc1ccc(COc2cc(-c3ccc(C)s3)nc(-c3nc(C(F)(F)F)cs3)n2)cc1. The predicted octanol–water partition coefficient (Wildman–Crippen LogP) is 6.24. The van der Waals surface area contributed by atoms with Crippen LogP contribution in [-0.2, 0) is 12.8 Å². The average molecular weight is 464 g/mol. The van der Waals surface area contributed by atoms with Crippen LogP contribution in [0.5, 0.6) is 11.6 Å². The van der Waals surface area contributed by atoms with Crippen LogP contribution in [0.2, 0.25) is 0 Å². The van der Waals surface area contributed by atoms with Gasteiger partial charge < -0.3 is 9.47 Å². The first kappa shape index (κ1) is 21.3. The second-order valence-corrected chi connectivity index (χ2v) is 8.64. The van der Waals surface area contributed by atoms with Gasteiger partial charge in [0.05, 0.1) is 17.7 Å². The first-order valence-corrected chi connectivity index (χ1v) is 10.8. The summed E-state index contributed by atoms with van der Waals surface area (Å²) in [5.74, 6) is 1.08. The van der Waals surface area contributed by atoms with Crippen molar-refractivity contribution in [3.05, 3.63) is 64.0 Å². The van der Waals surface area contributed by atoms with E-state index in [1.165, 1.54) is 11.3 Å². The largest absolute Gasteiger partial charge is 0.497 e. The van der Waals surface area contributed by atoms with Crippen LogP contribution in [0, 0.1) is 6.92 Å². The molecule has 0 spiro atoms. The molecule has 3 aromatic heterocycles. The number of hydrogen-bond donors (Lipinski definition) is 0. The number of rotatable bonds is 6. The van der Waals surface area contributed by atoms with Crippen LogP contribution >= 0.6 is 22.7 Å². The molecule has 0 aliphatic heterocycles. The van der Waals surface area contributed by atoms with Crippen LogP contribution in [0.3, 0.4) is 0 Å². The molecule has 0 N–H and O–H groups in total. The second kappa shape index (κ2) is 8.64. The first-order valence-electron chi connectivity index (χ1n) is 9.06. The van der Waals surface area contributed by atoms with E-state index in [9.17, 15) is 13.2 Å². The van der Waals surface area contributed by atoms with Crippen molar-refractivity contribution in [1.29, 1.82) is 0 Å². The molecule has 0 saturated carbocycles. The van der Waals surface area contributed by atoms with Crippen LogP contribution < -0.4 is 9.47 Å². The third kappa shape index (κ3) is 5.02. The van der Waals surface area contributed by atoms with E-state index >= 15 is 0 Å². The molecule has 0 aliphatic carbocycles. The predicted molar refractivity (Wildman–Crippen MR) is 114 cm³/mol. The molecule has 1 aromatic carbocycles. The van der Waals surface area contributed by atoms with Crippen molar-refractivity contribution in [3.63, 3.8) is 0 Å². The van der Waals surface area contributed by atoms with Gasteiger partial charge in [-0.3, -0.25) is 0 Å². The highest BCUT2D eigenvalue weighted by Crippen LogP contribution is 2.35. The Balaban J connectivity index is 1.66. The molecule has 4 rings (SSSR count).